The van der Waals surface area contributed by atoms with E-state index < -0.39 is 0 Å². The van der Waals surface area contributed by atoms with E-state index in [1.54, 1.807) is 7.11 Å². The quantitative estimate of drug-likeness (QED) is 0.660. The summed E-state index contributed by atoms with van der Waals surface area (Å²) in [5.74, 6) is 5.43. The molecule has 0 saturated heterocycles. The fourth-order valence-electron chi connectivity index (χ4n) is 1.18. The summed E-state index contributed by atoms with van der Waals surface area (Å²) in [5.41, 5.74) is 3.79. The average Bonchev–Trinajstić information content (AvgIpc) is 2.12. The van der Waals surface area contributed by atoms with Crippen LogP contribution in [0.15, 0.2) is 27.1 Å². The van der Waals surface area contributed by atoms with Gasteiger partial charge in [-0.2, -0.15) is 0 Å². The zero-order valence-corrected chi connectivity index (χ0v) is 10.9. The first-order valence-corrected chi connectivity index (χ1v) is 5.67. The van der Waals surface area contributed by atoms with Crippen LogP contribution >= 0.6 is 31.9 Å². The molecule has 1 aromatic carbocycles. The van der Waals surface area contributed by atoms with Crippen molar-refractivity contribution in [2.45, 2.75) is 6.04 Å². The van der Waals surface area contributed by atoms with E-state index in [0.717, 1.165) is 14.5 Å². The topological polar surface area (TPSA) is 47.3 Å². The van der Waals surface area contributed by atoms with Gasteiger partial charge in [0.15, 0.2) is 0 Å². The maximum Gasteiger partial charge on any atom is 0.0694 e. The zero-order valence-electron chi connectivity index (χ0n) is 7.76. The second kappa shape index (κ2) is 5.82. The van der Waals surface area contributed by atoms with Gasteiger partial charge >= 0.3 is 0 Å². The van der Waals surface area contributed by atoms with E-state index in [-0.39, 0.29) is 6.04 Å². The molecule has 0 aliphatic rings. The Kier molecular flexibility index (Phi) is 5.05. The maximum atomic E-state index is 5.43. The van der Waals surface area contributed by atoms with Crippen LogP contribution in [0.2, 0.25) is 0 Å². The Morgan fingerprint density at radius 2 is 1.93 bits per heavy atom. The minimum Gasteiger partial charge on any atom is -0.383 e. The molecule has 0 radical (unpaired) electrons. The van der Waals surface area contributed by atoms with Gasteiger partial charge in [-0.25, -0.2) is 0 Å². The molecule has 0 saturated carbocycles. The van der Waals surface area contributed by atoms with Crippen LogP contribution in [0.25, 0.3) is 0 Å². The Balaban J connectivity index is 2.91. The molecule has 3 nitrogen and oxygen atoms in total. The fourth-order valence-corrected chi connectivity index (χ4v) is 2.51. The maximum absolute atomic E-state index is 5.43. The van der Waals surface area contributed by atoms with E-state index in [2.05, 4.69) is 37.3 Å². The van der Waals surface area contributed by atoms with Crippen LogP contribution in [-0.4, -0.2) is 13.7 Å². The highest BCUT2D eigenvalue weighted by Gasteiger charge is 2.10. The summed E-state index contributed by atoms with van der Waals surface area (Å²) < 4.78 is 7.08. The van der Waals surface area contributed by atoms with Gasteiger partial charge in [0.1, 0.15) is 0 Å². The molecule has 0 aliphatic heterocycles. The van der Waals surface area contributed by atoms with Gasteiger partial charge in [0.05, 0.1) is 12.6 Å². The first-order valence-electron chi connectivity index (χ1n) is 4.08. The highest BCUT2D eigenvalue weighted by Crippen LogP contribution is 2.23. The van der Waals surface area contributed by atoms with Crippen molar-refractivity contribution in [2.24, 2.45) is 5.84 Å². The molecule has 1 unspecified atom stereocenters. The molecule has 3 N–H and O–H groups in total. The summed E-state index contributed by atoms with van der Waals surface area (Å²) in [5, 5.41) is 0. The highest BCUT2D eigenvalue weighted by molar-refractivity contribution is 9.11. The van der Waals surface area contributed by atoms with Gasteiger partial charge in [0.25, 0.3) is 0 Å². The van der Waals surface area contributed by atoms with Gasteiger partial charge in [-0.05, 0) is 23.8 Å². The summed E-state index contributed by atoms with van der Waals surface area (Å²) in [6.07, 6.45) is 0. The van der Waals surface area contributed by atoms with Crippen LogP contribution in [0.5, 0.6) is 0 Å². The lowest BCUT2D eigenvalue weighted by Crippen LogP contribution is -2.31. The molecule has 1 aromatic rings. The summed E-state index contributed by atoms with van der Waals surface area (Å²) in [6.45, 7) is 0.541. The van der Waals surface area contributed by atoms with E-state index in [1.807, 2.05) is 18.2 Å². The Morgan fingerprint density at radius 1 is 1.36 bits per heavy atom. The molecular weight excluding hydrogens is 312 g/mol. The van der Waals surface area contributed by atoms with E-state index in [4.69, 9.17) is 10.6 Å². The van der Waals surface area contributed by atoms with Crippen molar-refractivity contribution in [2.75, 3.05) is 13.7 Å². The molecule has 0 fully saturated rings. The smallest absolute Gasteiger partial charge is 0.0694 e. The van der Waals surface area contributed by atoms with Gasteiger partial charge < -0.3 is 4.74 Å². The minimum absolute atomic E-state index is 0.00815. The summed E-state index contributed by atoms with van der Waals surface area (Å²) in [7, 11) is 1.65. The number of hydrogen-bond acceptors (Lipinski definition) is 3. The lowest BCUT2D eigenvalue weighted by atomic mass is 10.1. The van der Waals surface area contributed by atoms with E-state index in [9.17, 15) is 0 Å². The second-order valence-electron chi connectivity index (χ2n) is 2.88. The Bertz CT molecular complexity index is 287. The Hall–Kier alpha value is 0.0600. The van der Waals surface area contributed by atoms with E-state index >= 15 is 0 Å². The number of halogens is 2. The number of nitrogens with two attached hydrogens (primary N) is 1. The number of nitrogens with one attached hydrogen (secondary N) is 1. The number of rotatable bonds is 4. The molecule has 14 heavy (non-hydrogen) atoms. The van der Waals surface area contributed by atoms with Crippen LogP contribution in [0.3, 0.4) is 0 Å². The summed E-state index contributed by atoms with van der Waals surface area (Å²) in [6, 6.07) is 6.00. The Labute approximate surface area is 100 Å². The van der Waals surface area contributed by atoms with Crippen LogP contribution in [0, 0.1) is 0 Å². The van der Waals surface area contributed by atoms with Crippen molar-refractivity contribution in [3.8, 4) is 0 Å². The third-order valence-electron chi connectivity index (χ3n) is 1.82. The molecule has 0 aliphatic carbocycles. The summed E-state index contributed by atoms with van der Waals surface area (Å²) >= 11 is 6.84. The van der Waals surface area contributed by atoms with Crippen molar-refractivity contribution in [1.29, 1.82) is 0 Å². The molecule has 0 amide bonds. The van der Waals surface area contributed by atoms with Crippen LogP contribution in [-0.2, 0) is 4.74 Å². The molecular formula is C9H12Br2N2O. The molecule has 0 aromatic heterocycles. The predicted octanol–water partition coefficient (Wildman–Crippen LogP) is 2.36. The van der Waals surface area contributed by atoms with Crippen LogP contribution in [0.1, 0.15) is 11.6 Å². The van der Waals surface area contributed by atoms with Gasteiger partial charge in [0.2, 0.25) is 0 Å². The standard InChI is InChI=1S/C9H12Br2N2O/c1-14-5-9(13-12)6-2-7(10)4-8(11)3-6/h2-4,9,13H,5,12H2,1H3. The number of hydrazine groups is 1. The zero-order chi connectivity index (χ0) is 10.6. The van der Waals surface area contributed by atoms with Crippen LogP contribution < -0.4 is 11.3 Å². The third kappa shape index (κ3) is 3.33. The molecule has 5 heteroatoms. The first-order chi connectivity index (χ1) is 6.67. The van der Waals surface area contributed by atoms with E-state index in [0.29, 0.717) is 6.61 Å². The molecule has 0 heterocycles. The van der Waals surface area contributed by atoms with Gasteiger partial charge in [-0.1, -0.05) is 31.9 Å². The number of ether oxygens (including phenoxy) is 1. The molecule has 1 rings (SSSR count). The number of benzene rings is 1. The second-order valence-corrected chi connectivity index (χ2v) is 4.71. The van der Waals surface area contributed by atoms with Crippen molar-refractivity contribution < 1.29 is 4.74 Å². The van der Waals surface area contributed by atoms with Crippen molar-refractivity contribution in [1.82, 2.24) is 5.43 Å². The molecule has 0 bridgehead atoms. The van der Waals surface area contributed by atoms with Crippen molar-refractivity contribution >= 4 is 31.9 Å². The largest absolute Gasteiger partial charge is 0.383 e. The van der Waals surface area contributed by atoms with Gasteiger partial charge in [0, 0.05) is 16.1 Å². The minimum atomic E-state index is 0.00815. The average molecular weight is 324 g/mol. The van der Waals surface area contributed by atoms with Crippen molar-refractivity contribution in [3.05, 3.63) is 32.7 Å². The summed E-state index contributed by atoms with van der Waals surface area (Å²) in [4.78, 5) is 0. The SMILES string of the molecule is COCC(NN)c1cc(Br)cc(Br)c1. The Morgan fingerprint density at radius 3 is 2.36 bits per heavy atom. The fraction of sp³-hybridized carbons (Fsp3) is 0.333. The molecule has 78 valence electrons. The predicted molar refractivity (Wildman–Crippen MR) is 63.8 cm³/mol. The van der Waals surface area contributed by atoms with Crippen molar-refractivity contribution in [3.63, 3.8) is 0 Å². The normalized spacial score (nSPS) is 12.9. The van der Waals surface area contributed by atoms with Crippen LogP contribution in [0.4, 0.5) is 0 Å². The van der Waals surface area contributed by atoms with Gasteiger partial charge in [-0.3, -0.25) is 11.3 Å². The van der Waals surface area contributed by atoms with E-state index in [1.165, 1.54) is 0 Å². The number of methoxy groups -OCH3 is 1. The molecule has 0 spiro atoms. The third-order valence-corrected chi connectivity index (χ3v) is 2.74. The lowest BCUT2D eigenvalue weighted by molar-refractivity contribution is 0.167. The highest BCUT2D eigenvalue weighted by atomic mass is 79.9. The van der Waals surface area contributed by atoms with Gasteiger partial charge in [-0.15, -0.1) is 0 Å². The number of hydrogen-bond donors (Lipinski definition) is 2. The lowest BCUT2D eigenvalue weighted by Gasteiger charge is -2.15. The monoisotopic (exact) mass is 322 g/mol. The first kappa shape index (κ1) is 12.1. The molecule has 1 atom stereocenters.